The van der Waals surface area contributed by atoms with Crippen molar-refractivity contribution in [3.05, 3.63) is 23.8 Å². The number of ether oxygens (including phenoxy) is 2. The van der Waals surface area contributed by atoms with E-state index in [4.69, 9.17) is 14.6 Å². The van der Waals surface area contributed by atoms with E-state index < -0.39 is 16.0 Å². The van der Waals surface area contributed by atoms with Crippen LogP contribution in [0.15, 0.2) is 23.1 Å². The number of rotatable bonds is 7. The number of nitrogens with two attached hydrogens (primary N) is 1. The summed E-state index contributed by atoms with van der Waals surface area (Å²) in [5.74, 6) is -0.339. The molecule has 0 spiro atoms. The summed E-state index contributed by atoms with van der Waals surface area (Å²) in [4.78, 5) is 11.8. The highest BCUT2D eigenvalue weighted by molar-refractivity contribution is 7.89. The van der Waals surface area contributed by atoms with Crippen molar-refractivity contribution in [2.24, 2.45) is 5.14 Å². The first-order valence-electron chi connectivity index (χ1n) is 6.37. The lowest BCUT2D eigenvalue weighted by atomic mass is 10.2. The highest BCUT2D eigenvalue weighted by atomic mass is 32.2. The van der Waals surface area contributed by atoms with Gasteiger partial charge in [-0.15, -0.1) is 0 Å². The molecule has 1 aromatic rings. The van der Waals surface area contributed by atoms with Crippen molar-refractivity contribution in [1.29, 1.82) is 0 Å². The minimum atomic E-state index is -3.88. The fourth-order valence-corrected chi connectivity index (χ4v) is 2.05. The van der Waals surface area contributed by atoms with Crippen LogP contribution >= 0.6 is 0 Å². The molecule has 2 N–H and O–H groups in total. The number of primary sulfonamides is 1. The molecule has 7 heteroatoms. The van der Waals surface area contributed by atoms with Crippen LogP contribution in [0.5, 0.6) is 5.75 Å². The van der Waals surface area contributed by atoms with Gasteiger partial charge < -0.3 is 9.47 Å². The first-order valence-corrected chi connectivity index (χ1v) is 7.91. The SMILES string of the molecule is CCCCOC(=O)c1cc(S(N)(=O)=O)ccc1OCC. The number of esters is 1. The summed E-state index contributed by atoms with van der Waals surface area (Å²) in [5.41, 5.74) is 0.0643. The molecule has 0 aliphatic heterocycles. The van der Waals surface area contributed by atoms with Gasteiger partial charge in [0.1, 0.15) is 11.3 Å². The quantitative estimate of drug-likeness (QED) is 0.610. The van der Waals surface area contributed by atoms with Crippen molar-refractivity contribution < 1.29 is 22.7 Å². The molecule has 0 aliphatic carbocycles. The lowest BCUT2D eigenvalue weighted by molar-refractivity contribution is 0.0495. The van der Waals surface area contributed by atoms with Gasteiger partial charge in [0, 0.05) is 0 Å². The molecule has 0 unspecified atom stereocenters. The Kier molecular flexibility index (Phi) is 5.97. The Morgan fingerprint density at radius 2 is 2.00 bits per heavy atom. The Bertz CT molecular complexity index is 568. The number of sulfonamides is 1. The van der Waals surface area contributed by atoms with Gasteiger partial charge >= 0.3 is 5.97 Å². The molecular formula is C13H19NO5S. The molecule has 20 heavy (non-hydrogen) atoms. The van der Waals surface area contributed by atoms with E-state index in [0.29, 0.717) is 6.61 Å². The molecule has 0 heterocycles. The van der Waals surface area contributed by atoms with E-state index in [9.17, 15) is 13.2 Å². The first kappa shape index (κ1) is 16.5. The van der Waals surface area contributed by atoms with Crippen LogP contribution in [0.3, 0.4) is 0 Å². The largest absolute Gasteiger partial charge is 0.493 e. The van der Waals surface area contributed by atoms with Crippen LogP contribution in [-0.2, 0) is 14.8 Å². The highest BCUT2D eigenvalue weighted by Gasteiger charge is 2.18. The van der Waals surface area contributed by atoms with Crippen molar-refractivity contribution >= 4 is 16.0 Å². The predicted octanol–water partition coefficient (Wildman–Crippen LogP) is 1.69. The summed E-state index contributed by atoms with van der Waals surface area (Å²) in [6.45, 7) is 4.37. The van der Waals surface area contributed by atoms with Crippen molar-refractivity contribution in [2.45, 2.75) is 31.6 Å². The third kappa shape index (κ3) is 4.50. The molecule has 0 saturated heterocycles. The number of carbonyl (C=O) groups is 1. The minimum Gasteiger partial charge on any atom is -0.493 e. The summed E-state index contributed by atoms with van der Waals surface area (Å²) in [7, 11) is -3.88. The average molecular weight is 301 g/mol. The smallest absolute Gasteiger partial charge is 0.341 e. The van der Waals surface area contributed by atoms with Gasteiger partial charge in [-0.3, -0.25) is 0 Å². The van der Waals surface area contributed by atoms with Crippen LogP contribution < -0.4 is 9.88 Å². The predicted molar refractivity (Wildman–Crippen MR) is 74.2 cm³/mol. The van der Waals surface area contributed by atoms with E-state index in [1.807, 2.05) is 6.92 Å². The van der Waals surface area contributed by atoms with Crippen LogP contribution in [-0.4, -0.2) is 27.6 Å². The molecule has 1 rings (SSSR count). The van der Waals surface area contributed by atoms with E-state index in [1.165, 1.54) is 18.2 Å². The van der Waals surface area contributed by atoms with Crippen LogP contribution in [0.2, 0.25) is 0 Å². The number of hydrogen-bond donors (Lipinski definition) is 1. The Labute approximate surface area is 118 Å². The van der Waals surface area contributed by atoms with E-state index in [2.05, 4.69) is 0 Å². The van der Waals surface area contributed by atoms with Gasteiger partial charge in [-0.1, -0.05) is 13.3 Å². The average Bonchev–Trinajstić information content (AvgIpc) is 2.38. The number of hydrogen-bond acceptors (Lipinski definition) is 5. The van der Waals surface area contributed by atoms with Gasteiger partial charge in [0.05, 0.1) is 18.1 Å². The molecule has 0 amide bonds. The van der Waals surface area contributed by atoms with E-state index >= 15 is 0 Å². The van der Waals surface area contributed by atoms with Gasteiger partial charge in [-0.05, 0) is 31.5 Å². The molecule has 0 radical (unpaired) electrons. The topological polar surface area (TPSA) is 95.7 Å². The first-order chi connectivity index (χ1) is 9.40. The maximum absolute atomic E-state index is 12.0. The zero-order valence-electron chi connectivity index (χ0n) is 11.6. The van der Waals surface area contributed by atoms with Gasteiger partial charge in [-0.25, -0.2) is 18.4 Å². The van der Waals surface area contributed by atoms with Crippen LogP contribution in [0.25, 0.3) is 0 Å². The second kappa shape index (κ2) is 7.25. The second-order valence-electron chi connectivity index (χ2n) is 4.13. The molecule has 0 fully saturated rings. The Balaban J connectivity index is 3.08. The lowest BCUT2D eigenvalue weighted by Crippen LogP contribution is -2.15. The molecule has 0 saturated carbocycles. The zero-order valence-corrected chi connectivity index (χ0v) is 12.4. The summed E-state index contributed by atoms with van der Waals surface area (Å²) < 4.78 is 33.0. The number of carbonyl (C=O) groups excluding carboxylic acids is 1. The fraction of sp³-hybridized carbons (Fsp3) is 0.462. The van der Waals surface area contributed by atoms with Gasteiger partial charge in [0.15, 0.2) is 0 Å². The monoisotopic (exact) mass is 301 g/mol. The third-order valence-electron chi connectivity index (χ3n) is 2.53. The molecule has 0 bridgehead atoms. The van der Waals surface area contributed by atoms with Crippen LogP contribution in [0.1, 0.15) is 37.0 Å². The van der Waals surface area contributed by atoms with Gasteiger partial charge in [0.2, 0.25) is 10.0 Å². The van der Waals surface area contributed by atoms with E-state index in [0.717, 1.165) is 12.8 Å². The zero-order chi connectivity index (χ0) is 15.2. The number of benzene rings is 1. The molecular weight excluding hydrogens is 282 g/mol. The maximum atomic E-state index is 12.0. The van der Waals surface area contributed by atoms with E-state index in [-0.39, 0.29) is 22.8 Å². The van der Waals surface area contributed by atoms with Crippen molar-refractivity contribution in [3.8, 4) is 5.75 Å². The second-order valence-corrected chi connectivity index (χ2v) is 5.69. The molecule has 0 atom stereocenters. The van der Waals surface area contributed by atoms with Crippen molar-refractivity contribution in [1.82, 2.24) is 0 Å². The fourth-order valence-electron chi connectivity index (χ4n) is 1.51. The normalized spacial score (nSPS) is 11.2. The Morgan fingerprint density at radius 3 is 2.55 bits per heavy atom. The standard InChI is InChI=1S/C13H19NO5S/c1-3-5-8-19-13(15)11-9-10(20(14,16)17)6-7-12(11)18-4-2/h6-7,9H,3-5,8H2,1-2H3,(H2,14,16,17). The van der Waals surface area contributed by atoms with Crippen molar-refractivity contribution in [2.75, 3.05) is 13.2 Å². The Hall–Kier alpha value is -1.60. The van der Waals surface area contributed by atoms with Crippen LogP contribution in [0, 0.1) is 0 Å². The molecule has 0 aromatic heterocycles. The number of unbranched alkanes of at least 4 members (excludes halogenated alkanes) is 1. The maximum Gasteiger partial charge on any atom is 0.341 e. The highest BCUT2D eigenvalue weighted by Crippen LogP contribution is 2.23. The summed E-state index contributed by atoms with van der Waals surface area (Å²) in [6.07, 6.45) is 1.63. The molecule has 0 aliphatic rings. The molecule has 1 aromatic carbocycles. The van der Waals surface area contributed by atoms with E-state index in [1.54, 1.807) is 6.92 Å². The van der Waals surface area contributed by atoms with Crippen LogP contribution in [0.4, 0.5) is 0 Å². The van der Waals surface area contributed by atoms with Gasteiger partial charge in [0.25, 0.3) is 0 Å². The minimum absolute atomic E-state index is 0.0643. The third-order valence-corrected chi connectivity index (χ3v) is 3.44. The lowest BCUT2D eigenvalue weighted by Gasteiger charge is -2.11. The van der Waals surface area contributed by atoms with Crippen molar-refractivity contribution in [3.63, 3.8) is 0 Å². The Morgan fingerprint density at radius 1 is 1.30 bits per heavy atom. The summed E-state index contributed by atoms with van der Waals surface area (Å²) >= 11 is 0. The van der Waals surface area contributed by atoms with Gasteiger partial charge in [-0.2, -0.15) is 0 Å². The molecule has 112 valence electrons. The molecule has 6 nitrogen and oxygen atoms in total. The summed E-state index contributed by atoms with van der Waals surface area (Å²) in [5, 5.41) is 5.05. The summed E-state index contributed by atoms with van der Waals surface area (Å²) in [6, 6.07) is 3.87.